The number of likely N-dealkylation sites (N-methyl/N-ethyl adjacent to an activating group) is 1. The number of hydrogen-bond acceptors (Lipinski definition) is 6. The van der Waals surface area contributed by atoms with Crippen molar-refractivity contribution in [2.45, 2.75) is 25.3 Å². The number of nitrogens with zero attached hydrogens (tertiary/aromatic N) is 2. The number of ketones is 1. The van der Waals surface area contributed by atoms with E-state index >= 15 is 0 Å². The minimum Gasteiger partial charge on any atom is -0.489 e. The van der Waals surface area contributed by atoms with Crippen LogP contribution in [-0.4, -0.2) is 74.3 Å². The largest absolute Gasteiger partial charge is 0.489 e. The second-order valence-electron chi connectivity index (χ2n) is 9.02. The van der Waals surface area contributed by atoms with Gasteiger partial charge in [-0.05, 0) is 30.2 Å². The molecule has 2 N–H and O–H groups in total. The number of anilines is 1. The zero-order valence-corrected chi connectivity index (χ0v) is 20.8. The van der Waals surface area contributed by atoms with Crippen molar-refractivity contribution in [1.82, 2.24) is 15.5 Å². The van der Waals surface area contributed by atoms with Gasteiger partial charge in [-0.1, -0.05) is 42.2 Å². The molecule has 0 radical (unpaired) electrons. The molecule has 0 unspecified atom stereocenters. The van der Waals surface area contributed by atoms with Gasteiger partial charge in [0.05, 0.1) is 12.2 Å². The quantitative estimate of drug-likeness (QED) is 0.465. The van der Waals surface area contributed by atoms with Crippen molar-refractivity contribution in [3.63, 3.8) is 0 Å². The van der Waals surface area contributed by atoms with Gasteiger partial charge in [-0.25, -0.2) is 0 Å². The Bertz CT molecular complexity index is 1220. The Morgan fingerprint density at radius 3 is 2.57 bits per heavy atom. The van der Waals surface area contributed by atoms with E-state index in [2.05, 4.69) is 27.4 Å². The van der Waals surface area contributed by atoms with Crippen LogP contribution in [-0.2, 0) is 25.6 Å². The van der Waals surface area contributed by atoms with Gasteiger partial charge in [-0.2, -0.15) is 0 Å². The molecule has 3 amide bonds. The van der Waals surface area contributed by atoms with E-state index in [1.807, 2.05) is 36.4 Å². The second-order valence-corrected chi connectivity index (χ2v) is 9.02. The standard InChI is InChI=1S/C28H30N4O5/c1-31-24-18-21(8-5-15-32-16-12-22(33)13-17-32)9-10-25(24)37-19-23(28(31)36)30-27(35)26(34)29-14-11-20-6-3-2-4-7-20/h2-4,6-7,9-10,18,23H,11-17,19H2,1H3,(H,29,34)(H,30,35)/t23-/m0/s1. The Balaban J connectivity index is 1.32. The highest BCUT2D eigenvalue weighted by atomic mass is 16.5. The predicted octanol–water partition coefficient (Wildman–Crippen LogP) is 0.902. The number of benzene rings is 2. The Morgan fingerprint density at radius 2 is 1.81 bits per heavy atom. The van der Waals surface area contributed by atoms with Crippen molar-refractivity contribution in [2.75, 3.05) is 44.7 Å². The fraction of sp³-hybridized carbons (Fsp3) is 0.357. The normalized spacial score (nSPS) is 17.5. The Hall–Kier alpha value is -4.16. The van der Waals surface area contributed by atoms with E-state index in [4.69, 9.17) is 4.74 Å². The molecule has 9 heteroatoms. The highest BCUT2D eigenvalue weighted by Gasteiger charge is 2.32. The molecule has 2 aromatic carbocycles. The average molecular weight is 503 g/mol. The fourth-order valence-electron chi connectivity index (χ4n) is 4.16. The maximum absolute atomic E-state index is 13.1. The summed E-state index contributed by atoms with van der Waals surface area (Å²) in [5.41, 5.74) is 2.29. The molecule has 0 aromatic heterocycles. The summed E-state index contributed by atoms with van der Waals surface area (Å²) in [5, 5.41) is 5.07. The first kappa shape index (κ1) is 25.9. The van der Waals surface area contributed by atoms with Gasteiger partial charge >= 0.3 is 11.8 Å². The van der Waals surface area contributed by atoms with Crippen molar-refractivity contribution in [3.8, 4) is 17.6 Å². The third-order valence-electron chi connectivity index (χ3n) is 6.36. The van der Waals surface area contributed by atoms with E-state index in [1.54, 1.807) is 19.2 Å². The van der Waals surface area contributed by atoms with Crippen LogP contribution in [0.4, 0.5) is 5.69 Å². The number of Topliss-reactive ketones (excluding diaryl/α,β-unsaturated/α-hetero) is 1. The van der Waals surface area contributed by atoms with Crippen LogP contribution >= 0.6 is 0 Å². The SMILES string of the molecule is CN1C(=O)[C@@H](NC(=O)C(=O)NCCc2ccccc2)COc2ccc(C#CCN3CCC(=O)CC3)cc21. The molecule has 0 aliphatic carbocycles. The summed E-state index contributed by atoms with van der Waals surface area (Å²) in [5.74, 6) is 4.93. The molecule has 0 spiro atoms. The lowest BCUT2D eigenvalue weighted by molar-refractivity contribution is -0.140. The van der Waals surface area contributed by atoms with Gasteiger partial charge in [0, 0.05) is 45.1 Å². The Kier molecular flexibility index (Phi) is 8.54. The number of carbonyl (C=O) groups excluding carboxylic acids is 4. The molecule has 1 atom stereocenters. The number of likely N-dealkylation sites (tertiary alicyclic amines) is 1. The maximum Gasteiger partial charge on any atom is 0.310 e. The molecule has 2 aliphatic heterocycles. The summed E-state index contributed by atoms with van der Waals surface area (Å²) >= 11 is 0. The van der Waals surface area contributed by atoms with Crippen molar-refractivity contribution in [1.29, 1.82) is 0 Å². The van der Waals surface area contributed by atoms with Gasteiger partial charge in [0.2, 0.25) is 0 Å². The zero-order chi connectivity index (χ0) is 26.2. The van der Waals surface area contributed by atoms with Crippen LogP contribution < -0.4 is 20.3 Å². The van der Waals surface area contributed by atoms with Crippen LogP contribution in [0.5, 0.6) is 5.75 Å². The monoisotopic (exact) mass is 502 g/mol. The molecule has 0 saturated carbocycles. The third-order valence-corrected chi connectivity index (χ3v) is 6.36. The van der Waals surface area contributed by atoms with E-state index in [0.717, 1.165) is 24.2 Å². The molecule has 1 fully saturated rings. The van der Waals surface area contributed by atoms with Crippen LogP contribution in [0.25, 0.3) is 0 Å². The smallest absolute Gasteiger partial charge is 0.310 e. The summed E-state index contributed by atoms with van der Waals surface area (Å²) in [7, 11) is 1.59. The molecule has 2 aliphatic rings. The molecule has 192 valence electrons. The Labute approximate surface area is 216 Å². The van der Waals surface area contributed by atoms with E-state index in [-0.39, 0.29) is 6.61 Å². The molecule has 2 heterocycles. The molecule has 9 nitrogen and oxygen atoms in total. The van der Waals surface area contributed by atoms with Gasteiger partial charge in [-0.3, -0.25) is 24.1 Å². The summed E-state index contributed by atoms with van der Waals surface area (Å²) in [4.78, 5) is 52.7. The summed E-state index contributed by atoms with van der Waals surface area (Å²) in [6.07, 6.45) is 1.72. The third kappa shape index (κ3) is 6.96. The number of rotatable bonds is 5. The minimum atomic E-state index is -1.01. The van der Waals surface area contributed by atoms with Crippen molar-refractivity contribution < 1.29 is 23.9 Å². The first-order valence-electron chi connectivity index (χ1n) is 12.3. The number of nitrogens with one attached hydrogen (secondary N) is 2. The molecular formula is C28H30N4O5. The number of amides is 3. The molecule has 37 heavy (non-hydrogen) atoms. The number of hydrogen-bond donors (Lipinski definition) is 2. The summed E-state index contributed by atoms with van der Waals surface area (Å²) in [6.45, 7) is 2.22. The number of carbonyl (C=O) groups is 4. The second kappa shape index (κ2) is 12.2. The lowest BCUT2D eigenvalue weighted by atomic mass is 10.1. The van der Waals surface area contributed by atoms with Gasteiger partial charge in [0.25, 0.3) is 5.91 Å². The first-order valence-corrected chi connectivity index (χ1v) is 12.3. The molecular weight excluding hydrogens is 472 g/mol. The van der Waals surface area contributed by atoms with Crippen LogP contribution in [0.3, 0.4) is 0 Å². The minimum absolute atomic E-state index is 0.0993. The summed E-state index contributed by atoms with van der Waals surface area (Å²) in [6, 6.07) is 13.9. The number of piperidine rings is 1. The van der Waals surface area contributed by atoms with Gasteiger partial charge in [-0.15, -0.1) is 0 Å². The number of ether oxygens (including phenoxy) is 1. The van der Waals surface area contributed by atoms with Gasteiger partial charge < -0.3 is 20.3 Å². The van der Waals surface area contributed by atoms with Crippen molar-refractivity contribution in [2.24, 2.45) is 0 Å². The highest BCUT2D eigenvalue weighted by Crippen LogP contribution is 2.31. The number of fused-ring (bicyclic) bond motifs is 1. The van der Waals surface area contributed by atoms with Crippen LogP contribution in [0, 0.1) is 11.8 Å². The van der Waals surface area contributed by atoms with Crippen LogP contribution in [0.15, 0.2) is 48.5 Å². The lowest BCUT2D eigenvalue weighted by Crippen LogP contribution is -2.53. The van der Waals surface area contributed by atoms with Crippen LogP contribution in [0.1, 0.15) is 24.0 Å². The van der Waals surface area contributed by atoms with Gasteiger partial charge in [0.15, 0.2) is 0 Å². The van der Waals surface area contributed by atoms with E-state index in [1.165, 1.54) is 4.90 Å². The first-order chi connectivity index (χ1) is 17.9. The van der Waals surface area contributed by atoms with Crippen molar-refractivity contribution in [3.05, 3.63) is 59.7 Å². The molecule has 0 bridgehead atoms. The average Bonchev–Trinajstić information content (AvgIpc) is 3.02. The van der Waals surface area contributed by atoms with E-state index < -0.39 is 23.8 Å². The maximum atomic E-state index is 13.1. The zero-order valence-electron chi connectivity index (χ0n) is 20.8. The summed E-state index contributed by atoms with van der Waals surface area (Å²) < 4.78 is 5.79. The van der Waals surface area contributed by atoms with E-state index in [9.17, 15) is 19.2 Å². The van der Waals surface area contributed by atoms with Crippen LogP contribution in [0.2, 0.25) is 0 Å². The Morgan fingerprint density at radius 1 is 1.05 bits per heavy atom. The fourth-order valence-corrected chi connectivity index (χ4v) is 4.16. The topological polar surface area (TPSA) is 108 Å². The van der Waals surface area contributed by atoms with Gasteiger partial charge in [0.1, 0.15) is 24.2 Å². The van der Waals surface area contributed by atoms with Crippen molar-refractivity contribution >= 4 is 29.2 Å². The molecule has 2 aromatic rings. The predicted molar refractivity (Wildman–Crippen MR) is 138 cm³/mol. The molecule has 4 rings (SSSR count). The van der Waals surface area contributed by atoms with E-state index in [0.29, 0.717) is 49.6 Å². The lowest BCUT2D eigenvalue weighted by Gasteiger charge is -2.23. The highest BCUT2D eigenvalue weighted by molar-refractivity contribution is 6.35. The molecule has 1 saturated heterocycles.